The first kappa shape index (κ1) is 19.1. The molecule has 1 aromatic heterocycles. The Balaban J connectivity index is 1.66. The van der Waals surface area contributed by atoms with Crippen LogP contribution in [0.2, 0.25) is 0 Å². The van der Waals surface area contributed by atoms with Crippen molar-refractivity contribution in [3.8, 4) is 16.9 Å². The van der Waals surface area contributed by atoms with E-state index in [0.717, 1.165) is 16.7 Å². The molecule has 0 unspecified atom stereocenters. The van der Waals surface area contributed by atoms with Crippen LogP contribution in [0.4, 0.5) is 0 Å². The number of hydrogen-bond donors (Lipinski definition) is 2. The van der Waals surface area contributed by atoms with E-state index >= 15 is 0 Å². The van der Waals surface area contributed by atoms with Crippen LogP contribution in [-0.2, 0) is 11.2 Å². The zero-order valence-corrected chi connectivity index (χ0v) is 15.6. The van der Waals surface area contributed by atoms with Gasteiger partial charge < -0.3 is 9.52 Å². The molecule has 0 aliphatic carbocycles. The first-order chi connectivity index (χ1) is 13.4. The van der Waals surface area contributed by atoms with Gasteiger partial charge in [0.2, 0.25) is 5.91 Å². The maximum absolute atomic E-state index is 12.1. The zero-order chi connectivity index (χ0) is 20.1. The second-order valence-corrected chi connectivity index (χ2v) is 6.38. The Morgan fingerprint density at radius 3 is 2.36 bits per heavy atom. The van der Waals surface area contributed by atoms with E-state index in [4.69, 9.17) is 4.42 Å². The van der Waals surface area contributed by atoms with Crippen LogP contribution in [0.15, 0.2) is 75.0 Å². The third-order valence-corrected chi connectivity index (χ3v) is 4.19. The van der Waals surface area contributed by atoms with Crippen molar-refractivity contribution in [2.45, 2.75) is 20.3 Å². The molecule has 0 saturated carbocycles. The van der Waals surface area contributed by atoms with E-state index in [1.807, 2.05) is 54.6 Å². The Labute approximate surface area is 162 Å². The fourth-order valence-corrected chi connectivity index (χ4v) is 2.80. The van der Waals surface area contributed by atoms with Crippen molar-refractivity contribution in [3.05, 3.63) is 88.0 Å². The second-order valence-electron chi connectivity index (χ2n) is 6.38. The molecule has 2 aromatic carbocycles. The van der Waals surface area contributed by atoms with Gasteiger partial charge in [0.25, 0.3) is 0 Å². The van der Waals surface area contributed by atoms with Gasteiger partial charge in [-0.3, -0.25) is 4.79 Å². The number of aromatic hydroxyl groups is 1. The summed E-state index contributed by atoms with van der Waals surface area (Å²) in [6, 6.07) is 19.0. The SMILES string of the molecule is C/C(=N\NC(=O)Cc1ccc(-c2ccccc2)cc1)c1c(O)cc(C)oc1=O. The van der Waals surface area contributed by atoms with Crippen molar-refractivity contribution >= 4 is 11.6 Å². The van der Waals surface area contributed by atoms with Crippen LogP contribution < -0.4 is 11.1 Å². The summed E-state index contributed by atoms with van der Waals surface area (Å²) in [4.78, 5) is 24.0. The topological polar surface area (TPSA) is 91.9 Å². The minimum absolute atomic E-state index is 0.0712. The molecule has 3 rings (SSSR count). The quantitative estimate of drug-likeness (QED) is 0.527. The monoisotopic (exact) mass is 376 g/mol. The highest BCUT2D eigenvalue weighted by Gasteiger charge is 2.13. The summed E-state index contributed by atoms with van der Waals surface area (Å²) in [5, 5.41) is 13.8. The third-order valence-electron chi connectivity index (χ3n) is 4.19. The van der Waals surface area contributed by atoms with Crippen molar-refractivity contribution in [3.63, 3.8) is 0 Å². The van der Waals surface area contributed by atoms with Crippen LogP contribution in [0.5, 0.6) is 5.75 Å². The van der Waals surface area contributed by atoms with Gasteiger partial charge in [-0.25, -0.2) is 10.2 Å². The lowest BCUT2D eigenvalue weighted by Crippen LogP contribution is -2.23. The van der Waals surface area contributed by atoms with Crippen LogP contribution in [0.3, 0.4) is 0 Å². The number of nitrogens with one attached hydrogen (secondary N) is 1. The molecular formula is C22H20N2O4. The minimum atomic E-state index is -0.704. The molecule has 0 aliphatic rings. The number of hydrogen-bond acceptors (Lipinski definition) is 5. The summed E-state index contributed by atoms with van der Waals surface area (Å²) in [5.41, 5.74) is 4.80. The van der Waals surface area contributed by atoms with Crippen LogP contribution in [-0.4, -0.2) is 16.7 Å². The molecule has 0 spiro atoms. The average Bonchev–Trinajstić information content (AvgIpc) is 2.67. The van der Waals surface area contributed by atoms with Crippen LogP contribution in [0.25, 0.3) is 11.1 Å². The average molecular weight is 376 g/mol. The van der Waals surface area contributed by atoms with Gasteiger partial charge in [-0.1, -0.05) is 54.6 Å². The Kier molecular flexibility index (Phi) is 5.69. The molecule has 0 bridgehead atoms. The molecule has 28 heavy (non-hydrogen) atoms. The van der Waals surface area contributed by atoms with E-state index < -0.39 is 5.63 Å². The van der Waals surface area contributed by atoms with E-state index in [0.29, 0.717) is 5.76 Å². The van der Waals surface area contributed by atoms with Crippen LogP contribution in [0.1, 0.15) is 23.8 Å². The van der Waals surface area contributed by atoms with Gasteiger partial charge >= 0.3 is 5.63 Å². The van der Waals surface area contributed by atoms with E-state index in [1.54, 1.807) is 6.92 Å². The summed E-state index contributed by atoms with van der Waals surface area (Å²) >= 11 is 0. The maximum Gasteiger partial charge on any atom is 0.348 e. The highest BCUT2D eigenvalue weighted by Crippen LogP contribution is 2.19. The van der Waals surface area contributed by atoms with Gasteiger partial charge in [-0.2, -0.15) is 5.10 Å². The molecule has 0 aliphatic heterocycles. The highest BCUT2D eigenvalue weighted by molar-refractivity contribution is 6.01. The van der Waals surface area contributed by atoms with Gasteiger partial charge in [0.15, 0.2) is 0 Å². The number of aryl methyl sites for hydroxylation is 1. The van der Waals surface area contributed by atoms with Crippen LogP contribution in [0, 0.1) is 6.92 Å². The van der Waals surface area contributed by atoms with Crippen molar-refractivity contribution in [1.82, 2.24) is 5.43 Å². The van der Waals surface area contributed by atoms with Crippen molar-refractivity contribution in [2.24, 2.45) is 5.10 Å². The molecule has 142 valence electrons. The number of carbonyl (C=O) groups is 1. The predicted octanol–water partition coefficient (Wildman–Crippen LogP) is 3.40. The van der Waals surface area contributed by atoms with Gasteiger partial charge in [0, 0.05) is 6.07 Å². The number of carbonyl (C=O) groups excluding carboxylic acids is 1. The van der Waals surface area contributed by atoms with Crippen molar-refractivity contribution < 1.29 is 14.3 Å². The lowest BCUT2D eigenvalue weighted by molar-refractivity contribution is -0.120. The van der Waals surface area contributed by atoms with Gasteiger partial charge in [-0.15, -0.1) is 0 Å². The molecule has 1 heterocycles. The molecule has 0 radical (unpaired) electrons. The van der Waals surface area contributed by atoms with E-state index in [2.05, 4.69) is 10.5 Å². The summed E-state index contributed by atoms with van der Waals surface area (Å²) < 4.78 is 4.95. The largest absolute Gasteiger partial charge is 0.507 e. The van der Waals surface area contributed by atoms with Crippen LogP contribution >= 0.6 is 0 Å². The lowest BCUT2D eigenvalue weighted by Gasteiger charge is -2.06. The fourth-order valence-electron chi connectivity index (χ4n) is 2.80. The number of hydrazone groups is 1. The summed E-state index contributed by atoms with van der Waals surface area (Å²) in [6.45, 7) is 3.07. The first-order valence-electron chi connectivity index (χ1n) is 8.75. The number of rotatable bonds is 5. The van der Waals surface area contributed by atoms with Crippen molar-refractivity contribution in [1.29, 1.82) is 0 Å². The molecule has 6 heteroatoms. The maximum atomic E-state index is 12.1. The Morgan fingerprint density at radius 2 is 1.71 bits per heavy atom. The van der Waals surface area contributed by atoms with E-state index in [-0.39, 0.29) is 29.4 Å². The standard InChI is InChI=1S/C22H20N2O4/c1-14-12-19(25)21(22(27)28-14)15(2)23-24-20(26)13-16-8-10-18(11-9-16)17-6-4-3-5-7-17/h3-12,25H,13H2,1-2H3,(H,24,26)/b23-15+. The van der Waals surface area contributed by atoms with E-state index in [1.165, 1.54) is 13.0 Å². The molecule has 0 saturated heterocycles. The molecule has 6 nitrogen and oxygen atoms in total. The van der Waals surface area contributed by atoms with Gasteiger partial charge in [0.05, 0.1) is 12.1 Å². The van der Waals surface area contributed by atoms with Gasteiger partial charge in [0.1, 0.15) is 17.1 Å². The minimum Gasteiger partial charge on any atom is -0.507 e. The Morgan fingerprint density at radius 1 is 1.07 bits per heavy atom. The summed E-state index contributed by atoms with van der Waals surface area (Å²) in [7, 11) is 0. The Bertz CT molecular complexity index is 1070. The summed E-state index contributed by atoms with van der Waals surface area (Å²) in [5.74, 6) is -0.273. The Hall–Kier alpha value is -3.67. The third kappa shape index (κ3) is 4.54. The predicted molar refractivity (Wildman–Crippen MR) is 107 cm³/mol. The molecule has 0 fully saturated rings. The summed E-state index contributed by atoms with van der Waals surface area (Å²) in [6.07, 6.45) is 0.139. The fraction of sp³-hybridized carbons (Fsp3) is 0.136. The normalized spacial score (nSPS) is 11.3. The number of nitrogens with zero attached hydrogens (tertiary/aromatic N) is 1. The second kappa shape index (κ2) is 8.35. The molecule has 0 atom stereocenters. The molecular weight excluding hydrogens is 356 g/mol. The lowest BCUT2D eigenvalue weighted by atomic mass is 10.0. The number of amides is 1. The molecule has 3 aromatic rings. The zero-order valence-electron chi connectivity index (χ0n) is 15.6. The molecule has 1 amide bonds. The smallest absolute Gasteiger partial charge is 0.348 e. The highest BCUT2D eigenvalue weighted by atomic mass is 16.4. The van der Waals surface area contributed by atoms with Crippen molar-refractivity contribution in [2.75, 3.05) is 0 Å². The first-order valence-corrected chi connectivity index (χ1v) is 8.75. The number of benzene rings is 2. The molecule has 2 N–H and O–H groups in total. The van der Waals surface area contributed by atoms with E-state index in [9.17, 15) is 14.7 Å². The van der Waals surface area contributed by atoms with Gasteiger partial charge in [-0.05, 0) is 30.5 Å².